The van der Waals surface area contributed by atoms with Gasteiger partial charge in [0.05, 0.1) is 5.69 Å². The lowest BCUT2D eigenvalue weighted by atomic mass is 9.86. The van der Waals surface area contributed by atoms with E-state index in [1.165, 1.54) is 0 Å². The van der Waals surface area contributed by atoms with Crippen LogP contribution < -0.4 is 9.80 Å². The third kappa shape index (κ3) is 2.28. The third-order valence-corrected chi connectivity index (χ3v) is 5.78. The minimum Gasteiger partial charge on any atom is -0.374 e. The van der Waals surface area contributed by atoms with Crippen LogP contribution in [-0.4, -0.2) is 42.0 Å². The number of anilines is 2. The monoisotopic (exact) mass is 359 g/mol. The number of hydrogen-bond acceptors (Lipinski definition) is 5. The Bertz CT molecular complexity index is 983. The predicted molar refractivity (Wildman–Crippen MR) is 107 cm³/mol. The summed E-state index contributed by atoms with van der Waals surface area (Å²) in [5, 5.41) is 11.2. The zero-order chi connectivity index (χ0) is 18.6. The second-order valence-corrected chi connectivity index (χ2v) is 7.34. The summed E-state index contributed by atoms with van der Waals surface area (Å²) in [6, 6.07) is 13.7. The number of hydrogen-bond donors (Lipinski definition) is 1. The molecule has 0 radical (unpaired) electrons. The molecule has 2 aromatic carbocycles. The van der Waals surface area contributed by atoms with Crippen molar-refractivity contribution < 1.29 is 9.90 Å². The van der Waals surface area contributed by atoms with Crippen molar-refractivity contribution in [2.24, 2.45) is 4.99 Å². The molecule has 0 amide bonds. The Balaban J connectivity index is 1.64. The highest BCUT2D eigenvalue weighted by atomic mass is 16.3. The van der Waals surface area contributed by atoms with Gasteiger partial charge in [0.15, 0.2) is 5.60 Å². The fourth-order valence-corrected chi connectivity index (χ4v) is 4.39. The van der Waals surface area contributed by atoms with Crippen LogP contribution in [-0.2, 0) is 6.42 Å². The Hall–Kier alpha value is -2.92. The van der Waals surface area contributed by atoms with Crippen molar-refractivity contribution in [1.29, 1.82) is 0 Å². The third-order valence-electron chi connectivity index (χ3n) is 5.78. The van der Waals surface area contributed by atoms with Crippen molar-refractivity contribution in [3.05, 3.63) is 66.2 Å². The van der Waals surface area contributed by atoms with Crippen LogP contribution in [0, 0.1) is 0 Å². The minimum atomic E-state index is -1.53. The molecule has 0 aromatic heterocycles. The molecule has 0 saturated carbocycles. The smallest absolute Gasteiger partial charge is 0.204 e. The first-order valence-electron chi connectivity index (χ1n) is 9.33. The quantitative estimate of drug-likeness (QED) is 0.856. The van der Waals surface area contributed by atoms with Gasteiger partial charge in [-0.1, -0.05) is 24.3 Å². The molecule has 1 N–H and O–H groups in total. The maximum absolute atomic E-state index is 13.2. The number of aliphatic imine (C=N–C) groups is 1. The second kappa shape index (κ2) is 5.79. The highest BCUT2D eigenvalue weighted by molar-refractivity contribution is 6.28. The molecular weight excluding hydrogens is 338 g/mol. The molecule has 5 nitrogen and oxygen atoms in total. The van der Waals surface area contributed by atoms with Crippen LogP contribution in [0.15, 0.2) is 60.1 Å². The number of rotatable bonds is 3. The van der Waals surface area contributed by atoms with Crippen LogP contribution in [0.5, 0.6) is 0 Å². The van der Waals surface area contributed by atoms with E-state index >= 15 is 0 Å². The molecule has 2 aromatic rings. The van der Waals surface area contributed by atoms with E-state index in [1.54, 1.807) is 0 Å². The molecule has 1 atom stereocenters. The van der Waals surface area contributed by atoms with Crippen molar-refractivity contribution in [3.8, 4) is 0 Å². The largest absolute Gasteiger partial charge is 0.374 e. The Labute approximate surface area is 158 Å². The summed E-state index contributed by atoms with van der Waals surface area (Å²) < 4.78 is 0. The van der Waals surface area contributed by atoms with E-state index in [0.29, 0.717) is 30.1 Å². The molecule has 0 bridgehead atoms. The number of nitrogens with zero attached hydrogens (tertiary/aromatic N) is 3. The molecule has 0 unspecified atom stereocenters. The second-order valence-electron chi connectivity index (χ2n) is 7.34. The normalized spacial score (nSPS) is 23.0. The summed E-state index contributed by atoms with van der Waals surface area (Å²) in [5.74, 6) is 0.213. The molecule has 3 heterocycles. The van der Waals surface area contributed by atoms with Gasteiger partial charge in [0.1, 0.15) is 5.84 Å². The van der Waals surface area contributed by atoms with Gasteiger partial charge in [-0.15, -0.1) is 6.58 Å². The molecule has 1 saturated heterocycles. The van der Waals surface area contributed by atoms with Crippen LogP contribution in [0.4, 0.5) is 17.1 Å². The predicted octanol–water partition coefficient (Wildman–Crippen LogP) is 3.10. The van der Waals surface area contributed by atoms with Gasteiger partial charge in [0.2, 0.25) is 5.78 Å². The number of amidine groups is 1. The van der Waals surface area contributed by atoms with Crippen molar-refractivity contribution in [2.45, 2.75) is 18.4 Å². The number of fused-ring (bicyclic) bond motifs is 3. The van der Waals surface area contributed by atoms with Gasteiger partial charge in [0.25, 0.3) is 0 Å². The van der Waals surface area contributed by atoms with Gasteiger partial charge in [0, 0.05) is 43.0 Å². The summed E-state index contributed by atoms with van der Waals surface area (Å²) in [6.07, 6.45) is 3.14. The number of carbonyl (C=O) groups is 1. The summed E-state index contributed by atoms with van der Waals surface area (Å²) in [7, 11) is 0. The molecular formula is C22H21N3O2. The zero-order valence-electron chi connectivity index (χ0n) is 15.1. The first-order chi connectivity index (χ1) is 13.1. The number of Topliss-reactive ketones (excluding diaryl/α,β-unsaturated/α-hetero) is 1. The maximum atomic E-state index is 13.2. The average Bonchev–Trinajstić information content (AvgIpc) is 3.24. The minimum absolute atomic E-state index is 0.231. The molecule has 3 aliphatic rings. The number of ketones is 1. The SMILES string of the molecule is C=CCN1CCc2cc3c(cc21)N=C1N(c2ccccc2)CC[C@@]1(O)C3=O. The summed E-state index contributed by atoms with van der Waals surface area (Å²) in [5.41, 5.74) is 2.85. The number of aliphatic hydroxyl groups is 1. The number of carbonyl (C=O) groups excluding carboxylic acids is 1. The van der Waals surface area contributed by atoms with Crippen LogP contribution >= 0.6 is 0 Å². The fourth-order valence-electron chi connectivity index (χ4n) is 4.39. The zero-order valence-corrected chi connectivity index (χ0v) is 15.1. The highest BCUT2D eigenvalue weighted by Gasteiger charge is 2.52. The summed E-state index contributed by atoms with van der Waals surface area (Å²) in [6.45, 7) is 6.09. The topological polar surface area (TPSA) is 56.1 Å². The fraction of sp³-hybridized carbons (Fsp3) is 0.273. The highest BCUT2D eigenvalue weighted by Crippen LogP contribution is 2.43. The van der Waals surface area contributed by atoms with Gasteiger partial charge in [-0.3, -0.25) is 4.79 Å². The summed E-state index contributed by atoms with van der Waals surface area (Å²) in [4.78, 5) is 22.2. The molecule has 1 fully saturated rings. The standard InChI is InChI=1S/C22H21N3O2/c1-2-10-24-11-8-15-13-17-18(14-19(15)24)23-21-22(27,20(17)26)9-12-25(21)16-6-4-3-5-7-16/h2-7,13-14,27H,1,8-12H2/t22-/m1/s1. The number of benzene rings is 2. The Kier molecular flexibility index (Phi) is 3.49. The van der Waals surface area contributed by atoms with Gasteiger partial charge in [-0.05, 0) is 36.2 Å². The van der Waals surface area contributed by atoms with Gasteiger partial charge in [-0.25, -0.2) is 4.99 Å². The Morgan fingerprint density at radius 3 is 2.81 bits per heavy atom. The molecule has 136 valence electrons. The van der Waals surface area contributed by atoms with Crippen molar-refractivity contribution in [2.75, 3.05) is 29.4 Å². The summed E-state index contributed by atoms with van der Waals surface area (Å²) >= 11 is 0. The Morgan fingerprint density at radius 1 is 1.22 bits per heavy atom. The van der Waals surface area contributed by atoms with Crippen LogP contribution in [0.1, 0.15) is 22.3 Å². The molecule has 3 aliphatic heterocycles. The molecule has 5 heteroatoms. The molecule has 27 heavy (non-hydrogen) atoms. The lowest BCUT2D eigenvalue weighted by molar-refractivity contribution is 0.0602. The maximum Gasteiger partial charge on any atom is 0.204 e. The van der Waals surface area contributed by atoms with E-state index in [0.717, 1.165) is 36.4 Å². The van der Waals surface area contributed by atoms with Crippen LogP contribution in [0.2, 0.25) is 0 Å². The van der Waals surface area contributed by atoms with Crippen molar-refractivity contribution in [3.63, 3.8) is 0 Å². The average molecular weight is 359 g/mol. The van der Waals surface area contributed by atoms with Gasteiger partial charge >= 0.3 is 0 Å². The lowest BCUT2D eigenvalue weighted by Crippen LogP contribution is -2.48. The Morgan fingerprint density at radius 2 is 2.04 bits per heavy atom. The van der Waals surface area contributed by atoms with E-state index < -0.39 is 5.60 Å². The van der Waals surface area contributed by atoms with Crippen LogP contribution in [0.25, 0.3) is 0 Å². The van der Waals surface area contributed by atoms with Gasteiger partial charge < -0.3 is 14.9 Å². The van der Waals surface area contributed by atoms with Crippen molar-refractivity contribution >= 4 is 28.7 Å². The van der Waals surface area contributed by atoms with Gasteiger partial charge in [-0.2, -0.15) is 0 Å². The molecule has 0 spiro atoms. The first kappa shape index (κ1) is 16.3. The van der Waals surface area contributed by atoms with E-state index in [1.807, 2.05) is 53.4 Å². The first-order valence-corrected chi connectivity index (χ1v) is 9.33. The van der Waals surface area contributed by atoms with Crippen LogP contribution in [0.3, 0.4) is 0 Å². The molecule has 5 rings (SSSR count). The van der Waals surface area contributed by atoms with Crippen molar-refractivity contribution in [1.82, 2.24) is 0 Å². The van der Waals surface area contributed by atoms with E-state index in [-0.39, 0.29) is 5.78 Å². The van der Waals surface area contributed by atoms with E-state index in [2.05, 4.69) is 11.5 Å². The van der Waals surface area contributed by atoms with E-state index in [4.69, 9.17) is 4.99 Å². The van der Waals surface area contributed by atoms with E-state index in [9.17, 15) is 9.90 Å². The molecule has 0 aliphatic carbocycles. The lowest BCUT2D eigenvalue weighted by Gasteiger charge is -2.30. The number of para-hydroxylation sites is 1.